The summed E-state index contributed by atoms with van der Waals surface area (Å²) in [6, 6.07) is 14.3. The van der Waals surface area contributed by atoms with E-state index in [1.165, 1.54) is 5.56 Å². The Balaban J connectivity index is 1.55. The summed E-state index contributed by atoms with van der Waals surface area (Å²) in [5, 5.41) is 3.67. The molecule has 0 spiro atoms. The minimum Gasteiger partial charge on any atom is -0.494 e. The molecule has 6 nitrogen and oxygen atoms in total. The second kappa shape index (κ2) is 11.3. The summed E-state index contributed by atoms with van der Waals surface area (Å²) in [6.07, 6.45) is 0. The zero-order valence-corrected chi connectivity index (χ0v) is 19.8. The quantitative estimate of drug-likeness (QED) is 0.654. The number of nitrogens with zero attached hydrogens (tertiary/aromatic N) is 2. The van der Waals surface area contributed by atoms with E-state index in [1.807, 2.05) is 49.9 Å². The fourth-order valence-electron chi connectivity index (χ4n) is 3.78. The number of nitrogens with one attached hydrogen (secondary N) is 1. The van der Waals surface area contributed by atoms with Crippen molar-refractivity contribution in [3.8, 4) is 5.75 Å². The van der Waals surface area contributed by atoms with E-state index in [0.717, 1.165) is 30.4 Å². The molecule has 1 saturated heterocycles. The van der Waals surface area contributed by atoms with Crippen molar-refractivity contribution >= 4 is 23.4 Å². The van der Waals surface area contributed by atoms with Gasteiger partial charge in [0.05, 0.1) is 6.61 Å². The van der Waals surface area contributed by atoms with E-state index in [1.54, 1.807) is 24.3 Å². The minimum atomic E-state index is -0.558. The molecule has 1 atom stereocenters. The van der Waals surface area contributed by atoms with Gasteiger partial charge in [-0.15, -0.1) is 0 Å². The molecule has 0 saturated carbocycles. The Labute approximate surface area is 195 Å². The zero-order chi connectivity index (χ0) is 23.1. The van der Waals surface area contributed by atoms with Gasteiger partial charge in [0.1, 0.15) is 11.8 Å². The second-order valence-electron chi connectivity index (χ2n) is 8.38. The fraction of sp³-hybridized carbons (Fsp3) is 0.440. The lowest BCUT2D eigenvalue weighted by Crippen LogP contribution is -2.56. The first kappa shape index (κ1) is 24.1. The number of carbonyl (C=O) groups is 2. The standard InChI is InChI=1S/C25H32ClN3O3/c1-4-32-22-11-7-20(8-12-22)24(30)27-23(18(2)3)25(31)29-15-13-28(14-16-29)17-19-5-9-21(26)10-6-19/h5-12,18,23H,4,13-17H2,1-3H3,(H,27,30)/t23-/m0/s1. The van der Waals surface area contributed by atoms with Crippen LogP contribution in [-0.2, 0) is 11.3 Å². The maximum Gasteiger partial charge on any atom is 0.251 e. The first-order valence-electron chi connectivity index (χ1n) is 11.2. The SMILES string of the molecule is CCOc1ccc(C(=O)N[C@H](C(=O)N2CCN(Cc3ccc(Cl)cc3)CC2)C(C)C)cc1. The van der Waals surface area contributed by atoms with E-state index >= 15 is 0 Å². The van der Waals surface area contributed by atoms with Crippen molar-refractivity contribution in [2.24, 2.45) is 5.92 Å². The normalized spacial score (nSPS) is 15.5. The van der Waals surface area contributed by atoms with E-state index in [9.17, 15) is 9.59 Å². The van der Waals surface area contributed by atoms with Gasteiger partial charge in [-0.05, 0) is 54.8 Å². The third-order valence-electron chi connectivity index (χ3n) is 5.65. The van der Waals surface area contributed by atoms with Crippen LogP contribution in [0.5, 0.6) is 5.75 Å². The first-order chi connectivity index (χ1) is 15.4. The molecule has 7 heteroatoms. The van der Waals surface area contributed by atoms with Gasteiger partial charge >= 0.3 is 0 Å². The molecule has 0 bridgehead atoms. The van der Waals surface area contributed by atoms with Crippen LogP contribution in [0, 0.1) is 5.92 Å². The van der Waals surface area contributed by atoms with Crippen molar-refractivity contribution in [2.75, 3.05) is 32.8 Å². The van der Waals surface area contributed by atoms with Crippen LogP contribution in [0.1, 0.15) is 36.7 Å². The first-order valence-corrected chi connectivity index (χ1v) is 11.5. The largest absolute Gasteiger partial charge is 0.494 e. The Hall–Kier alpha value is -2.57. The Bertz CT molecular complexity index is 892. The summed E-state index contributed by atoms with van der Waals surface area (Å²) in [5.74, 6) is 0.435. The van der Waals surface area contributed by atoms with Crippen LogP contribution in [0.25, 0.3) is 0 Å². The molecule has 0 aliphatic carbocycles. The molecule has 0 aromatic heterocycles. The van der Waals surface area contributed by atoms with E-state index in [4.69, 9.17) is 16.3 Å². The lowest BCUT2D eigenvalue weighted by atomic mass is 10.0. The van der Waals surface area contributed by atoms with E-state index in [-0.39, 0.29) is 17.7 Å². The second-order valence-corrected chi connectivity index (χ2v) is 8.82. The highest BCUT2D eigenvalue weighted by atomic mass is 35.5. The summed E-state index contributed by atoms with van der Waals surface area (Å²) < 4.78 is 5.43. The van der Waals surface area contributed by atoms with Crippen LogP contribution in [0.4, 0.5) is 0 Å². The smallest absolute Gasteiger partial charge is 0.251 e. The highest BCUT2D eigenvalue weighted by Gasteiger charge is 2.31. The van der Waals surface area contributed by atoms with Crippen LogP contribution < -0.4 is 10.1 Å². The lowest BCUT2D eigenvalue weighted by molar-refractivity contribution is -0.136. The van der Waals surface area contributed by atoms with E-state index in [2.05, 4.69) is 10.2 Å². The van der Waals surface area contributed by atoms with Crippen molar-refractivity contribution in [1.29, 1.82) is 0 Å². The molecule has 2 amide bonds. The predicted octanol–water partition coefficient (Wildman–Crippen LogP) is 3.84. The average Bonchev–Trinajstić information content (AvgIpc) is 2.79. The molecule has 2 aromatic rings. The molecule has 1 N–H and O–H groups in total. The number of amides is 2. The molecular weight excluding hydrogens is 426 g/mol. The summed E-state index contributed by atoms with van der Waals surface area (Å²) in [6.45, 7) is 10.1. The molecule has 3 rings (SSSR count). The van der Waals surface area contributed by atoms with Crippen LogP contribution in [0.15, 0.2) is 48.5 Å². The maximum atomic E-state index is 13.2. The molecule has 32 heavy (non-hydrogen) atoms. The number of carbonyl (C=O) groups excluding carboxylic acids is 2. The van der Waals surface area contributed by atoms with Crippen LogP contribution in [-0.4, -0.2) is 60.4 Å². The lowest BCUT2D eigenvalue weighted by Gasteiger charge is -2.37. The highest BCUT2D eigenvalue weighted by molar-refractivity contribution is 6.30. The number of rotatable bonds is 8. The number of piperazine rings is 1. The molecule has 1 heterocycles. The van der Waals surface area contributed by atoms with Crippen LogP contribution >= 0.6 is 11.6 Å². The van der Waals surface area contributed by atoms with Crippen molar-refractivity contribution in [1.82, 2.24) is 15.1 Å². The molecule has 1 aliphatic rings. The fourth-order valence-corrected chi connectivity index (χ4v) is 3.90. The molecule has 1 aliphatic heterocycles. The number of hydrogen-bond donors (Lipinski definition) is 1. The van der Waals surface area contributed by atoms with Gasteiger partial charge in [-0.2, -0.15) is 0 Å². The minimum absolute atomic E-state index is 0.0127. The Morgan fingerprint density at radius 2 is 1.62 bits per heavy atom. The number of benzene rings is 2. The van der Waals surface area contributed by atoms with Crippen molar-refractivity contribution < 1.29 is 14.3 Å². The van der Waals surface area contributed by atoms with Gasteiger partial charge in [0, 0.05) is 43.3 Å². The Morgan fingerprint density at radius 1 is 1.00 bits per heavy atom. The molecule has 0 unspecified atom stereocenters. The third-order valence-corrected chi connectivity index (χ3v) is 5.90. The number of ether oxygens (including phenoxy) is 1. The number of hydrogen-bond acceptors (Lipinski definition) is 4. The van der Waals surface area contributed by atoms with E-state index < -0.39 is 6.04 Å². The topological polar surface area (TPSA) is 61.9 Å². The zero-order valence-electron chi connectivity index (χ0n) is 19.0. The summed E-state index contributed by atoms with van der Waals surface area (Å²) in [7, 11) is 0. The predicted molar refractivity (Wildman–Crippen MR) is 127 cm³/mol. The van der Waals surface area contributed by atoms with Crippen LogP contribution in [0.3, 0.4) is 0 Å². The van der Waals surface area contributed by atoms with Gasteiger partial charge in [-0.1, -0.05) is 37.6 Å². The summed E-state index contributed by atoms with van der Waals surface area (Å²) in [5.41, 5.74) is 1.72. The average molecular weight is 458 g/mol. The molecule has 172 valence electrons. The van der Waals surface area contributed by atoms with Gasteiger partial charge in [0.2, 0.25) is 5.91 Å². The van der Waals surface area contributed by atoms with Crippen molar-refractivity contribution in [3.63, 3.8) is 0 Å². The Morgan fingerprint density at radius 3 is 2.19 bits per heavy atom. The van der Waals surface area contributed by atoms with Gasteiger partial charge in [-0.3, -0.25) is 14.5 Å². The maximum absolute atomic E-state index is 13.2. The molecule has 1 fully saturated rings. The van der Waals surface area contributed by atoms with Crippen molar-refractivity contribution in [2.45, 2.75) is 33.4 Å². The molecular formula is C25H32ClN3O3. The van der Waals surface area contributed by atoms with Gasteiger partial charge in [0.25, 0.3) is 5.91 Å². The highest BCUT2D eigenvalue weighted by Crippen LogP contribution is 2.16. The van der Waals surface area contributed by atoms with Crippen molar-refractivity contribution in [3.05, 3.63) is 64.7 Å². The van der Waals surface area contributed by atoms with Gasteiger partial charge in [-0.25, -0.2) is 0 Å². The van der Waals surface area contributed by atoms with Crippen LogP contribution in [0.2, 0.25) is 5.02 Å². The monoisotopic (exact) mass is 457 g/mol. The third kappa shape index (κ3) is 6.47. The number of halogens is 1. The Kier molecular flexibility index (Phi) is 8.53. The van der Waals surface area contributed by atoms with Gasteiger partial charge in [0.15, 0.2) is 0 Å². The molecule has 0 radical (unpaired) electrons. The van der Waals surface area contributed by atoms with E-state index in [0.29, 0.717) is 25.3 Å². The molecule has 2 aromatic carbocycles. The van der Waals surface area contributed by atoms with Gasteiger partial charge < -0.3 is 15.0 Å². The summed E-state index contributed by atoms with van der Waals surface area (Å²) in [4.78, 5) is 30.2. The summed E-state index contributed by atoms with van der Waals surface area (Å²) >= 11 is 5.96.